The van der Waals surface area contributed by atoms with Crippen LogP contribution in [-0.4, -0.2) is 56.4 Å². The molecule has 5 nitrogen and oxygen atoms in total. The van der Waals surface area contributed by atoms with E-state index < -0.39 is 10.0 Å². The van der Waals surface area contributed by atoms with Gasteiger partial charge in [0, 0.05) is 19.1 Å². The van der Waals surface area contributed by atoms with E-state index in [0.29, 0.717) is 19.7 Å². The van der Waals surface area contributed by atoms with Gasteiger partial charge in [-0.25, -0.2) is 8.42 Å². The van der Waals surface area contributed by atoms with Crippen molar-refractivity contribution in [2.45, 2.75) is 44.1 Å². The summed E-state index contributed by atoms with van der Waals surface area (Å²) in [5, 5.41) is 2.91. The lowest BCUT2D eigenvalue weighted by Crippen LogP contribution is -2.55. The van der Waals surface area contributed by atoms with Crippen molar-refractivity contribution in [3.05, 3.63) is 0 Å². The maximum Gasteiger partial charge on any atom is 0.218 e. The molecule has 17 heavy (non-hydrogen) atoms. The quantitative estimate of drug-likeness (QED) is 0.771. The number of piperidine rings is 1. The summed E-state index contributed by atoms with van der Waals surface area (Å²) in [5.41, 5.74) is 0. The average molecular weight is 262 g/mol. The van der Waals surface area contributed by atoms with Gasteiger partial charge >= 0.3 is 0 Å². The van der Waals surface area contributed by atoms with E-state index in [0.717, 1.165) is 19.4 Å². The van der Waals surface area contributed by atoms with Gasteiger partial charge < -0.3 is 10.1 Å². The summed E-state index contributed by atoms with van der Waals surface area (Å²) in [4.78, 5) is 0. The fraction of sp³-hybridized carbons (Fsp3) is 1.00. The van der Waals surface area contributed by atoms with E-state index >= 15 is 0 Å². The van der Waals surface area contributed by atoms with Crippen molar-refractivity contribution < 1.29 is 13.2 Å². The van der Waals surface area contributed by atoms with Crippen LogP contribution in [0, 0.1) is 0 Å². The second kappa shape index (κ2) is 5.22. The lowest BCUT2D eigenvalue weighted by Gasteiger charge is -2.38. The highest BCUT2D eigenvalue weighted by atomic mass is 32.2. The van der Waals surface area contributed by atoms with Crippen LogP contribution in [0.1, 0.15) is 26.7 Å². The summed E-state index contributed by atoms with van der Waals surface area (Å²) in [7, 11) is -3.18. The summed E-state index contributed by atoms with van der Waals surface area (Å²) in [6, 6.07) is -0.0434. The molecular weight excluding hydrogens is 240 g/mol. The van der Waals surface area contributed by atoms with E-state index in [4.69, 9.17) is 4.74 Å². The molecular formula is C11H22N2O3S. The molecule has 2 aliphatic heterocycles. The van der Waals surface area contributed by atoms with Crippen LogP contribution in [0.2, 0.25) is 0 Å². The first-order valence-corrected chi connectivity index (χ1v) is 7.85. The summed E-state index contributed by atoms with van der Waals surface area (Å²) in [6.45, 7) is 6.34. The standard InChI is InChI=1S/C11H22N2O3S/c1-9-8-16-10(2)7-13(9)17(14,15)11-4-3-5-12-6-11/h9-12H,3-8H2,1-2H3. The Bertz CT molecular complexity index is 352. The molecule has 1 N–H and O–H groups in total. The van der Waals surface area contributed by atoms with E-state index in [1.807, 2.05) is 13.8 Å². The van der Waals surface area contributed by atoms with E-state index in [1.165, 1.54) is 0 Å². The first-order valence-electron chi connectivity index (χ1n) is 6.35. The number of hydrogen-bond donors (Lipinski definition) is 1. The first-order chi connectivity index (χ1) is 8.01. The van der Waals surface area contributed by atoms with Gasteiger partial charge in [0.05, 0.1) is 18.0 Å². The third-order valence-corrected chi connectivity index (χ3v) is 5.96. The molecule has 0 amide bonds. The van der Waals surface area contributed by atoms with Crippen LogP contribution in [0.4, 0.5) is 0 Å². The number of hydrogen-bond acceptors (Lipinski definition) is 4. The average Bonchev–Trinajstić information content (AvgIpc) is 2.33. The minimum atomic E-state index is -3.18. The Labute approximate surface area is 104 Å². The summed E-state index contributed by atoms with van der Waals surface area (Å²) in [6.07, 6.45) is 1.71. The number of nitrogens with one attached hydrogen (secondary N) is 1. The molecule has 0 saturated carbocycles. The first kappa shape index (κ1) is 13.3. The van der Waals surface area contributed by atoms with Crippen molar-refractivity contribution in [1.82, 2.24) is 9.62 Å². The number of nitrogens with zero attached hydrogens (tertiary/aromatic N) is 1. The molecule has 100 valence electrons. The Morgan fingerprint density at radius 3 is 2.76 bits per heavy atom. The SMILES string of the molecule is CC1CN(S(=O)(=O)C2CCCNC2)C(C)CO1. The van der Waals surface area contributed by atoms with Crippen molar-refractivity contribution in [3.63, 3.8) is 0 Å². The number of sulfonamides is 1. The Kier molecular flexibility index (Phi) is 4.07. The van der Waals surface area contributed by atoms with E-state index in [-0.39, 0.29) is 17.4 Å². The lowest BCUT2D eigenvalue weighted by molar-refractivity contribution is -0.0174. The molecule has 2 saturated heterocycles. The molecule has 0 aliphatic carbocycles. The summed E-state index contributed by atoms with van der Waals surface area (Å²) < 4.78 is 32.2. The molecule has 3 unspecified atom stereocenters. The van der Waals surface area contributed by atoms with E-state index in [2.05, 4.69) is 5.32 Å². The van der Waals surface area contributed by atoms with Gasteiger partial charge in [0.1, 0.15) is 0 Å². The number of rotatable bonds is 2. The van der Waals surface area contributed by atoms with E-state index in [1.54, 1.807) is 4.31 Å². The molecule has 0 aromatic rings. The van der Waals surface area contributed by atoms with Gasteiger partial charge in [-0.15, -0.1) is 0 Å². The Morgan fingerprint density at radius 2 is 2.12 bits per heavy atom. The summed E-state index contributed by atoms with van der Waals surface area (Å²) in [5.74, 6) is 0. The van der Waals surface area contributed by atoms with Crippen molar-refractivity contribution in [2.24, 2.45) is 0 Å². The van der Waals surface area contributed by atoms with Crippen LogP contribution < -0.4 is 5.32 Å². The fourth-order valence-corrected chi connectivity index (χ4v) is 4.65. The van der Waals surface area contributed by atoms with Crippen molar-refractivity contribution >= 4 is 10.0 Å². The highest BCUT2D eigenvalue weighted by molar-refractivity contribution is 7.89. The second-order valence-corrected chi connectivity index (χ2v) is 7.24. The minimum Gasteiger partial charge on any atom is -0.375 e. The molecule has 0 spiro atoms. The third-order valence-electron chi connectivity index (χ3n) is 3.55. The third kappa shape index (κ3) is 2.81. The minimum absolute atomic E-state index is 0.00229. The topological polar surface area (TPSA) is 58.6 Å². The monoisotopic (exact) mass is 262 g/mol. The molecule has 2 heterocycles. The Balaban J connectivity index is 2.12. The molecule has 3 atom stereocenters. The highest BCUT2D eigenvalue weighted by Gasteiger charge is 2.38. The Morgan fingerprint density at radius 1 is 1.35 bits per heavy atom. The zero-order valence-corrected chi connectivity index (χ0v) is 11.4. The summed E-state index contributed by atoms with van der Waals surface area (Å²) >= 11 is 0. The smallest absolute Gasteiger partial charge is 0.218 e. The van der Waals surface area contributed by atoms with E-state index in [9.17, 15) is 8.42 Å². The van der Waals surface area contributed by atoms with Crippen LogP contribution in [0.5, 0.6) is 0 Å². The van der Waals surface area contributed by atoms with Crippen molar-refractivity contribution in [2.75, 3.05) is 26.2 Å². The van der Waals surface area contributed by atoms with Gasteiger partial charge in [-0.05, 0) is 33.2 Å². The van der Waals surface area contributed by atoms with Gasteiger partial charge in [0.25, 0.3) is 0 Å². The number of ether oxygens (including phenoxy) is 1. The molecule has 0 aromatic heterocycles. The van der Waals surface area contributed by atoms with Gasteiger partial charge in [-0.3, -0.25) is 0 Å². The zero-order valence-electron chi connectivity index (χ0n) is 10.6. The van der Waals surface area contributed by atoms with Gasteiger partial charge in [0.15, 0.2) is 0 Å². The van der Waals surface area contributed by atoms with Gasteiger partial charge in [0.2, 0.25) is 10.0 Å². The maximum absolute atomic E-state index is 12.5. The maximum atomic E-state index is 12.5. The molecule has 0 aromatic carbocycles. The lowest BCUT2D eigenvalue weighted by atomic mass is 10.2. The van der Waals surface area contributed by atoms with Gasteiger partial charge in [-0.2, -0.15) is 4.31 Å². The molecule has 0 radical (unpaired) electrons. The van der Waals surface area contributed by atoms with Crippen molar-refractivity contribution in [3.8, 4) is 0 Å². The predicted octanol–water partition coefficient (Wildman–Crippen LogP) is 0.177. The zero-order chi connectivity index (χ0) is 12.5. The molecule has 2 fully saturated rings. The molecule has 0 bridgehead atoms. The van der Waals surface area contributed by atoms with Crippen LogP contribution in [0.25, 0.3) is 0 Å². The predicted molar refractivity (Wildman–Crippen MR) is 66.4 cm³/mol. The van der Waals surface area contributed by atoms with Gasteiger partial charge in [-0.1, -0.05) is 0 Å². The Hall–Kier alpha value is -0.170. The second-order valence-electron chi connectivity index (χ2n) is 5.08. The van der Waals surface area contributed by atoms with Crippen LogP contribution in [0.15, 0.2) is 0 Å². The highest BCUT2D eigenvalue weighted by Crippen LogP contribution is 2.22. The van der Waals surface area contributed by atoms with Crippen LogP contribution in [-0.2, 0) is 14.8 Å². The van der Waals surface area contributed by atoms with Crippen LogP contribution >= 0.6 is 0 Å². The fourth-order valence-electron chi connectivity index (χ4n) is 2.49. The van der Waals surface area contributed by atoms with Crippen LogP contribution in [0.3, 0.4) is 0 Å². The largest absolute Gasteiger partial charge is 0.375 e. The normalized spacial score (nSPS) is 36.9. The van der Waals surface area contributed by atoms with Crippen molar-refractivity contribution in [1.29, 1.82) is 0 Å². The molecule has 6 heteroatoms. The molecule has 2 rings (SSSR count). The molecule has 2 aliphatic rings. The number of morpholine rings is 1.